The summed E-state index contributed by atoms with van der Waals surface area (Å²) in [7, 11) is 1.93. The molecule has 0 aromatic heterocycles. The van der Waals surface area contributed by atoms with Crippen molar-refractivity contribution < 1.29 is 22.8 Å². The van der Waals surface area contributed by atoms with Crippen LogP contribution in [0.15, 0.2) is 18.2 Å². The Bertz CT molecular complexity index is 580. The molecular formula is C14H18F3N3O3. The largest absolute Gasteiger partial charge is 0.416 e. The van der Waals surface area contributed by atoms with Gasteiger partial charge in [-0.15, -0.1) is 0 Å². The molecule has 0 radical (unpaired) electrons. The van der Waals surface area contributed by atoms with Crippen molar-refractivity contribution in [2.24, 2.45) is 0 Å². The van der Waals surface area contributed by atoms with E-state index in [0.29, 0.717) is 19.2 Å². The van der Waals surface area contributed by atoms with E-state index in [0.717, 1.165) is 18.7 Å². The molecule has 1 N–H and O–H groups in total. The molecule has 6 nitrogen and oxygen atoms in total. The molecule has 1 saturated heterocycles. The number of morpholine rings is 1. The van der Waals surface area contributed by atoms with Crippen molar-refractivity contribution in [2.45, 2.75) is 25.2 Å². The van der Waals surface area contributed by atoms with Crippen molar-refractivity contribution in [3.05, 3.63) is 33.9 Å². The molecule has 1 aromatic carbocycles. The number of halogens is 3. The average Bonchev–Trinajstić information content (AvgIpc) is 2.46. The minimum atomic E-state index is -4.62. The van der Waals surface area contributed by atoms with E-state index in [9.17, 15) is 23.3 Å². The number of nitro groups is 1. The molecule has 0 spiro atoms. The molecule has 0 bridgehead atoms. The number of hydrogen-bond acceptors (Lipinski definition) is 5. The zero-order chi connectivity index (χ0) is 17.2. The number of hydrogen-bond donors (Lipinski definition) is 1. The lowest BCUT2D eigenvalue weighted by Gasteiger charge is -2.34. The predicted molar refractivity (Wildman–Crippen MR) is 78.4 cm³/mol. The van der Waals surface area contributed by atoms with Gasteiger partial charge in [0.25, 0.3) is 5.69 Å². The molecule has 0 saturated carbocycles. The van der Waals surface area contributed by atoms with E-state index in [1.807, 2.05) is 7.05 Å². The fraction of sp³-hybridized carbons (Fsp3) is 0.571. The Morgan fingerprint density at radius 2 is 2.17 bits per heavy atom. The summed E-state index contributed by atoms with van der Waals surface area (Å²) in [6.07, 6.45) is -4.82. The smallest absolute Gasteiger partial charge is 0.374 e. The van der Waals surface area contributed by atoms with E-state index in [4.69, 9.17) is 4.74 Å². The van der Waals surface area contributed by atoms with Gasteiger partial charge >= 0.3 is 6.18 Å². The predicted octanol–water partition coefficient (Wildman–Crippen LogP) is 2.74. The molecule has 23 heavy (non-hydrogen) atoms. The minimum Gasteiger partial charge on any atom is -0.374 e. The molecule has 2 atom stereocenters. The highest BCUT2D eigenvalue weighted by Gasteiger charge is 2.33. The third kappa shape index (κ3) is 4.32. The lowest BCUT2D eigenvalue weighted by atomic mass is 10.1. The van der Waals surface area contributed by atoms with Gasteiger partial charge in [-0.3, -0.25) is 10.1 Å². The monoisotopic (exact) mass is 333 g/mol. The molecular weight excluding hydrogens is 315 g/mol. The highest BCUT2D eigenvalue weighted by atomic mass is 19.4. The van der Waals surface area contributed by atoms with Crippen LogP contribution in [0.25, 0.3) is 0 Å². The highest BCUT2D eigenvalue weighted by molar-refractivity contribution is 5.63. The number of alkyl halides is 3. The molecule has 2 rings (SSSR count). The summed E-state index contributed by atoms with van der Waals surface area (Å²) in [4.78, 5) is 12.3. The number of rotatable bonds is 4. The molecule has 0 amide bonds. The van der Waals surface area contributed by atoms with Crippen molar-refractivity contribution in [1.29, 1.82) is 0 Å². The number of nitrogens with zero attached hydrogens (tertiary/aromatic N) is 2. The van der Waals surface area contributed by atoms with Gasteiger partial charge in [-0.25, -0.2) is 0 Å². The number of anilines is 1. The van der Waals surface area contributed by atoms with Crippen molar-refractivity contribution >= 4 is 11.4 Å². The van der Waals surface area contributed by atoms with Crippen molar-refractivity contribution in [3.63, 3.8) is 0 Å². The Hall–Kier alpha value is -1.87. The first-order valence-corrected chi connectivity index (χ1v) is 7.11. The van der Waals surface area contributed by atoms with Crippen LogP contribution in [0.2, 0.25) is 0 Å². The van der Waals surface area contributed by atoms with Crippen LogP contribution in [0.1, 0.15) is 12.5 Å². The SMILES string of the molecule is CC(Nc1ccc(C(F)(F)F)cc1[N+](=O)[O-])C1CN(C)CCO1. The van der Waals surface area contributed by atoms with Gasteiger partial charge in [-0.2, -0.15) is 13.2 Å². The van der Waals surface area contributed by atoms with Gasteiger partial charge in [-0.1, -0.05) is 0 Å². The summed E-state index contributed by atoms with van der Waals surface area (Å²) in [5.74, 6) is 0. The zero-order valence-electron chi connectivity index (χ0n) is 12.8. The van der Waals surface area contributed by atoms with Crippen LogP contribution in [-0.2, 0) is 10.9 Å². The summed E-state index contributed by atoms with van der Waals surface area (Å²) in [6, 6.07) is 2.18. The van der Waals surface area contributed by atoms with Gasteiger partial charge < -0.3 is 15.0 Å². The first kappa shape index (κ1) is 17.5. The fourth-order valence-electron chi connectivity index (χ4n) is 2.43. The second-order valence-electron chi connectivity index (χ2n) is 5.59. The lowest BCUT2D eigenvalue weighted by Crippen LogP contribution is -2.47. The first-order valence-electron chi connectivity index (χ1n) is 7.11. The molecule has 1 aromatic rings. The zero-order valence-corrected chi connectivity index (χ0v) is 12.8. The van der Waals surface area contributed by atoms with Gasteiger partial charge in [0.1, 0.15) is 5.69 Å². The number of ether oxygens (including phenoxy) is 1. The Morgan fingerprint density at radius 1 is 1.48 bits per heavy atom. The van der Waals surface area contributed by atoms with E-state index < -0.39 is 22.4 Å². The van der Waals surface area contributed by atoms with Crippen LogP contribution in [0.5, 0.6) is 0 Å². The maximum absolute atomic E-state index is 12.7. The first-order chi connectivity index (χ1) is 10.7. The van der Waals surface area contributed by atoms with E-state index in [1.54, 1.807) is 6.92 Å². The standard InChI is InChI=1S/C14H18F3N3O3/c1-9(13-8-19(2)5-6-23-13)18-11-4-3-10(14(15,16)17)7-12(11)20(21)22/h3-4,7,9,13,18H,5-6,8H2,1-2H3. The third-order valence-corrected chi connectivity index (χ3v) is 3.76. The Morgan fingerprint density at radius 3 is 2.74 bits per heavy atom. The van der Waals surface area contributed by atoms with E-state index in [2.05, 4.69) is 10.2 Å². The second kappa shape index (κ2) is 6.71. The van der Waals surface area contributed by atoms with E-state index in [-0.39, 0.29) is 17.8 Å². The van der Waals surface area contributed by atoms with Crippen LogP contribution >= 0.6 is 0 Å². The van der Waals surface area contributed by atoms with Crippen LogP contribution in [0.3, 0.4) is 0 Å². The van der Waals surface area contributed by atoms with Crippen LogP contribution in [0.4, 0.5) is 24.5 Å². The molecule has 1 heterocycles. The molecule has 2 unspecified atom stereocenters. The normalized spacial score (nSPS) is 21.0. The van der Waals surface area contributed by atoms with Crippen LogP contribution in [0, 0.1) is 10.1 Å². The van der Waals surface area contributed by atoms with Crippen molar-refractivity contribution in [3.8, 4) is 0 Å². The van der Waals surface area contributed by atoms with Gasteiger partial charge in [-0.05, 0) is 26.1 Å². The second-order valence-corrected chi connectivity index (χ2v) is 5.59. The lowest BCUT2D eigenvalue weighted by molar-refractivity contribution is -0.384. The Balaban J connectivity index is 2.20. The maximum atomic E-state index is 12.7. The molecule has 1 aliphatic rings. The van der Waals surface area contributed by atoms with Crippen molar-refractivity contribution in [1.82, 2.24) is 4.90 Å². The van der Waals surface area contributed by atoms with Gasteiger partial charge in [0, 0.05) is 19.2 Å². The summed E-state index contributed by atoms with van der Waals surface area (Å²) in [6.45, 7) is 3.76. The number of likely N-dealkylation sites (N-methyl/N-ethyl adjacent to an activating group) is 1. The third-order valence-electron chi connectivity index (χ3n) is 3.76. The van der Waals surface area contributed by atoms with Crippen LogP contribution < -0.4 is 5.32 Å². The molecule has 9 heteroatoms. The number of nitrogens with one attached hydrogen (secondary N) is 1. The Kier molecular flexibility index (Phi) is 5.10. The van der Waals surface area contributed by atoms with Crippen molar-refractivity contribution in [2.75, 3.05) is 32.1 Å². The molecule has 1 aliphatic heterocycles. The summed E-state index contributed by atoms with van der Waals surface area (Å²) in [5, 5.41) is 14.0. The van der Waals surface area contributed by atoms with E-state index in [1.165, 1.54) is 0 Å². The van der Waals surface area contributed by atoms with E-state index >= 15 is 0 Å². The maximum Gasteiger partial charge on any atom is 0.416 e. The number of nitro benzene ring substituents is 1. The molecule has 0 aliphatic carbocycles. The topological polar surface area (TPSA) is 67.6 Å². The highest BCUT2D eigenvalue weighted by Crippen LogP contribution is 2.35. The number of benzene rings is 1. The van der Waals surface area contributed by atoms with Gasteiger partial charge in [0.2, 0.25) is 0 Å². The average molecular weight is 333 g/mol. The summed E-state index contributed by atoms with van der Waals surface area (Å²) >= 11 is 0. The molecule has 128 valence electrons. The van der Waals surface area contributed by atoms with Crippen LogP contribution in [-0.4, -0.2) is 48.7 Å². The Labute approximate surface area is 131 Å². The molecule has 1 fully saturated rings. The minimum absolute atomic E-state index is 0.0485. The summed E-state index contributed by atoms with van der Waals surface area (Å²) in [5.41, 5.74) is -1.60. The summed E-state index contributed by atoms with van der Waals surface area (Å²) < 4.78 is 43.7. The fourth-order valence-corrected chi connectivity index (χ4v) is 2.43. The quantitative estimate of drug-likeness (QED) is 0.678. The van der Waals surface area contributed by atoms with Gasteiger partial charge in [0.05, 0.1) is 29.2 Å². The van der Waals surface area contributed by atoms with Gasteiger partial charge in [0.15, 0.2) is 0 Å².